The zero-order chi connectivity index (χ0) is 22.2. The highest BCUT2D eigenvalue weighted by molar-refractivity contribution is 5.73. The van der Waals surface area contributed by atoms with Gasteiger partial charge in [-0.3, -0.25) is 4.57 Å². The molecule has 33 heavy (non-hydrogen) atoms. The van der Waals surface area contributed by atoms with Crippen molar-refractivity contribution in [1.29, 1.82) is 0 Å². The van der Waals surface area contributed by atoms with Crippen molar-refractivity contribution in [1.82, 2.24) is 9.55 Å². The van der Waals surface area contributed by atoms with Crippen molar-refractivity contribution >= 4 is 0 Å². The third-order valence-electron chi connectivity index (χ3n) is 6.63. The van der Waals surface area contributed by atoms with Crippen LogP contribution in [0.5, 0.6) is 5.88 Å². The highest BCUT2D eigenvalue weighted by atomic mass is 16.5. The number of ether oxygens (including phenoxy) is 2. The maximum absolute atomic E-state index is 12.6. The molecule has 1 aromatic heterocycles. The van der Waals surface area contributed by atoms with Gasteiger partial charge in [-0.2, -0.15) is 4.98 Å². The SMILES string of the molecule is O=c1nc(OCC2CCCO2)cc2n1CCc1cc(-c3ccc(C#CC4CC4)cc3)ccc1-2. The van der Waals surface area contributed by atoms with Crippen LogP contribution in [-0.2, 0) is 17.7 Å². The fraction of sp³-hybridized carbons (Fsp3) is 0.357. The lowest BCUT2D eigenvalue weighted by Crippen LogP contribution is -2.29. The lowest BCUT2D eigenvalue weighted by atomic mass is 9.93. The molecule has 0 bridgehead atoms. The molecule has 2 aliphatic heterocycles. The molecule has 3 aliphatic rings. The van der Waals surface area contributed by atoms with Gasteiger partial charge in [-0.05, 0) is 60.9 Å². The first-order chi connectivity index (χ1) is 16.2. The van der Waals surface area contributed by atoms with Gasteiger partial charge < -0.3 is 9.47 Å². The van der Waals surface area contributed by atoms with Crippen LogP contribution in [0.2, 0.25) is 0 Å². The van der Waals surface area contributed by atoms with E-state index in [-0.39, 0.29) is 11.8 Å². The maximum Gasteiger partial charge on any atom is 0.351 e. The summed E-state index contributed by atoms with van der Waals surface area (Å²) in [6.07, 6.45) is 5.43. The number of hydrogen-bond donors (Lipinski definition) is 0. The number of nitrogens with zero attached hydrogens (tertiary/aromatic N) is 2. The number of aryl methyl sites for hydroxylation is 1. The molecule has 1 aliphatic carbocycles. The van der Waals surface area contributed by atoms with Crippen molar-refractivity contribution in [2.45, 2.75) is 44.8 Å². The topological polar surface area (TPSA) is 53.4 Å². The van der Waals surface area contributed by atoms with Crippen LogP contribution in [0.3, 0.4) is 0 Å². The van der Waals surface area contributed by atoms with E-state index in [0.717, 1.165) is 42.7 Å². The zero-order valence-electron chi connectivity index (χ0n) is 18.5. The Balaban J connectivity index is 1.26. The maximum atomic E-state index is 12.6. The summed E-state index contributed by atoms with van der Waals surface area (Å²) >= 11 is 0. The first-order valence-electron chi connectivity index (χ1n) is 11.8. The molecule has 6 rings (SSSR count). The molecule has 3 aromatic rings. The Morgan fingerprint density at radius 1 is 1.06 bits per heavy atom. The van der Waals surface area contributed by atoms with Gasteiger partial charge in [0, 0.05) is 36.3 Å². The van der Waals surface area contributed by atoms with Crippen molar-refractivity contribution in [3.05, 3.63) is 70.1 Å². The lowest BCUT2D eigenvalue weighted by molar-refractivity contribution is 0.0661. The van der Waals surface area contributed by atoms with Crippen LogP contribution in [-0.4, -0.2) is 28.9 Å². The molecule has 166 valence electrons. The monoisotopic (exact) mass is 438 g/mol. The summed E-state index contributed by atoms with van der Waals surface area (Å²) in [5.74, 6) is 7.58. The van der Waals surface area contributed by atoms with E-state index in [4.69, 9.17) is 9.47 Å². The van der Waals surface area contributed by atoms with Crippen LogP contribution in [0.15, 0.2) is 53.3 Å². The predicted molar refractivity (Wildman–Crippen MR) is 127 cm³/mol. The molecule has 0 amide bonds. The summed E-state index contributed by atoms with van der Waals surface area (Å²) in [6, 6.07) is 16.8. The molecule has 5 heteroatoms. The van der Waals surface area contributed by atoms with Crippen LogP contribution in [0.4, 0.5) is 0 Å². The Labute approximate surface area is 193 Å². The molecule has 0 N–H and O–H groups in total. The van der Waals surface area contributed by atoms with Gasteiger partial charge in [0.05, 0.1) is 11.8 Å². The highest BCUT2D eigenvalue weighted by Gasteiger charge is 2.21. The van der Waals surface area contributed by atoms with E-state index in [9.17, 15) is 4.79 Å². The van der Waals surface area contributed by atoms with Crippen LogP contribution in [0.1, 0.15) is 36.8 Å². The van der Waals surface area contributed by atoms with E-state index in [0.29, 0.717) is 24.9 Å². The standard InChI is InChI=1S/C28H26N2O3/c31-28-29-27(33-18-24-2-1-15-32-24)17-26-25-12-11-22(16-23(25)13-14-30(26)28)21-9-7-20(8-10-21)6-5-19-3-4-19/h7-12,16-17,19,24H,1-4,13-15,18H2. The number of benzene rings is 2. The summed E-state index contributed by atoms with van der Waals surface area (Å²) in [5.41, 5.74) is 6.34. The molecule has 1 saturated carbocycles. The summed E-state index contributed by atoms with van der Waals surface area (Å²) in [6.45, 7) is 1.84. The van der Waals surface area contributed by atoms with Gasteiger partial charge in [0.1, 0.15) is 6.61 Å². The molecule has 2 fully saturated rings. The molecule has 1 saturated heterocycles. The highest BCUT2D eigenvalue weighted by Crippen LogP contribution is 2.33. The molecule has 1 atom stereocenters. The minimum absolute atomic E-state index is 0.0894. The van der Waals surface area contributed by atoms with E-state index >= 15 is 0 Å². The first-order valence-corrected chi connectivity index (χ1v) is 11.8. The van der Waals surface area contributed by atoms with Gasteiger partial charge in [-0.1, -0.05) is 42.2 Å². The molecule has 0 radical (unpaired) electrons. The minimum atomic E-state index is -0.257. The van der Waals surface area contributed by atoms with Crippen molar-refractivity contribution in [3.63, 3.8) is 0 Å². The fourth-order valence-electron chi connectivity index (χ4n) is 4.57. The Bertz CT molecular complexity index is 1300. The van der Waals surface area contributed by atoms with E-state index < -0.39 is 0 Å². The van der Waals surface area contributed by atoms with Crippen LogP contribution in [0, 0.1) is 17.8 Å². The van der Waals surface area contributed by atoms with E-state index in [1.807, 2.05) is 6.07 Å². The van der Waals surface area contributed by atoms with Crippen molar-refractivity contribution in [2.75, 3.05) is 13.2 Å². The second-order valence-corrected chi connectivity index (χ2v) is 9.10. The third kappa shape index (κ3) is 4.31. The summed E-state index contributed by atoms with van der Waals surface area (Å²) in [5, 5.41) is 0. The van der Waals surface area contributed by atoms with Crippen molar-refractivity contribution < 1.29 is 9.47 Å². The zero-order valence-corrected chi connectivity index (χ0v) is 18.5. The molecule has 2 aromatic carbocycles. The summed E-state index contributed by atoms with van der Waals surface area (Å²) < 4.78 is 13.2. The smallest absolute Gasteiger partial charge is 0.351 e. The Kier molecular flexibility index (Phi) is 5.24. The first kappa shape index (κ1) is 20.3. The van der Waals surface area contributed by atoms with Crippen molar-refractivity contribution in [2.24, 2.45) is 5.92 Å². The summed E-state index contributed by atoms with van der Waals surface area (Å²) in [7, 11) is 0. The number of aromatic nitrogens is 2. The average molecular weight is 439 g/mol. The van der Waals surface area contributed by atoms with Gasteiger partial charge in [-0.15, -0.1) is 0 Å². The van der Waals surface area contributed by atoms with Crippen LogP contribution < -0.4 is 10.4 Å². The van der Waals surface area contributed by atoms with Gasteiger partial charge in [0.2, 0.25) is 5.88 Å². The Morgan fingerprint density at radius 3 is 2.70 bits per heavy atom. The summed E-state index contributed by atoms with van der Waals surface area (Å²) in [4.78, 5) is 16.8. The second-order valence-electron chi connectivity index (χ2n) is 9.10. The van der Waals surface area contributed by atoms with Gasteiger partial charge in [-0.25, -0.2) is 4.79 Å². The molecule has 5 nitrogen and oxygen atoms in total. The van der Waals surface area contributed by atoms with Gasteiger partial charge in [0.15, 0.2) is 0 Å². The average Bonchev–Trinajstić information content (AvgIpc) is 3.53. The van der Waals surface area contributed by atoms with Crippen molar-refractivity contribution in [3.8, 4) is 40.1 Å². The van der Waals surface area contributed by atoms with E-state index in [1.54, 1.807) is 4.57 Å². The number of rotatable bonds is 4. The molecule has 3 heterocycles. The Hall–Kier alpha value is -3.36. The largest absolute Gasteiger partial charge is 0.475 e. The normalized spacial score (nSPS) is 18.7. The Morgan fingerprint density at radius 2 is 1.91 bits per heavy atom. The van der Waals surface area contributed by atoms with E-state index in [2.05, 4.69) is 59.3 Å². The molecular formula is C28H26N2O3. The fourth-order valence-corrected chi connectivity index (χ4v) is 4.57. The molecule has 1 unspecified atom stereocenters. The minimum Gasteiger partial charge on any atom is -0.475 e. The molecule has 0 spiro atoms. The quantitative estimate of drug-likeness (QED) is 0.565. The van der Waals surface area contributed by atoms with Crippen LogP contribution >= 0.6 is 0 Å². The second kappa shape index (κ2) is 8.53. The third-order valence-corrected chi connectivity index (χ3v) is 6.63. The molecular weight excluding hydrogens is 412 g/mol. The number of hydrogen-bond acceptors (Lipinski definition) is 4. The predicted octanol–water partition coefficient (Wildman–Crippen LogP) is 4.45. The van der Waals surface area contributed by atoms with Crippen LogP contribution in [0.25, 0.3) is 22.4 Å². The van der Waals surface area contributed by atoms with Gasteiger partial charge >= 0.3 is 5.69 Å². The van der Waals surface area contributed by atoms with Gasteiger partial charge in [0.25, 0.3) is 0 Å². The van der Waals surface area contributed by atoms with E-state index in [1.165, 1.54) is 29.5 Å². The number of fused-ring (bicyclic) bond motifs is 3. The lowest BCUT2D eigenvalue weighted by Gasteiger charge is -2.22.